The highest BCUT2D eigenvalue weighted by Crippen LogP contribution is 2.46. The van der Waals surface area contributed by atoms with E-state index >= 15 is 0 Å². The molecule has 7 heteroatoms. The van der Waals surface area contributed by atoms with Gasteiger partial charge in [0.2, 0.25) is 5.75 Å². The van der Waals surface area contributed by atoms with Gasteiger partial charge in [-0.25, -0.2) is 9.03 Å². The largest absolute Gasteiger partial charge is 0.493 e. The van der Waals surface area contributed by atoms with Crippen molar-refractivity contribution in [2.45, 2.75) is 12.8 Å². The maximum absolute atomic E-state index is 13.3. The molecule has 0 fully saturated rings. The van der Waals surface area contributed by atoms with Gasteiger partial charge in [-0.15, -0.1) is 0 Å². The van der Waals surface area contributed by atoms with Gasteiger partial charge in [-0.05, 0) is 18.6 Å². The summed E-state index contributed by atoms with van der Waals surface area (Å²) in [5, 5.41) is 1.17. The standard InChI is InChI=1S/C21H18N2O5/c1-26-16-10-14-18(20(28-3)19(16)27-2)17-13(8-9-15(17)24)22-12-7-5-4-6-11(12)21(25)23(14)22/h4-7,10H,8-9H2,1-3H3. The second-order valence-corrected chi connectivity index (χ2v) is 6.73. The third-order valence-corrected chi connectivity index (χ3v) is 5.45. The average Bonchev–Trinajstić information content (AvgIpc) is 3.25. The first-order valence-corrected chi connectivity index (χ1v) is 8.95. The first-order chi connectivity index (χ1) is 13.6. The SMILES string of the molecule is COc1cc2c(c(OC)c1OC)c1c(n3c4ccccc4c(=O)n23)CCC1=O. The quantitative estimate of drug-likeness (QED) is 0.548. The molecule has 142 valence electrons. The lowest BCUT2D eigenvalue weighted by Crippen LogP contribution is -2.17. The molecule has 28 heavy (non-hydrogen) atoms. The van der Waals surface area contributed by atoms with E-state index in [0.717, 1.165) is 11.2 Å². The van der Waals surface area contributed by atoms with E-state index in [-0.39, 0.29) is 11.3 Å². The first-order valence-electron chi connectivity index (χ1n) is 8.95. The molecule has 0 radical (unpaired) electrons. The van der Waals surface area contributed by atoms with Gasteiger partial charge in [0.15, 0.2) is 17.3 Å². The number of methoxy groups -OCH3 is 3. The molecule has 0 bridgehead atoms. The Kier molecular flexibility index (Phi) is 3.43. The van der Waals surface area contributed by atoms with Crippen LogP contribution < -0.4 is 19.8 Å². The van der Waals surface area contributed by atoms with E-state index in [2.05, 4.69) is 0 Å². The Labute approximate surface area is 159 Å². The van der Waals surface area contributed by atoms with Crippen LogP contribution in [-0.2, 0) is 6.42 Å². The van der Waals surface area contributed by atoms with Crippen molar-refractivity contribution in [1.29, 1.82) is 0 Å². The van der Waals surface area contributed by atoms with Crippen molar-refractivity contribution >= 4 is 27.6 Å². The number of carbonyl (C=O) groups is 1. The summed E-state index contributed by atoms with van der Waals surface area (Å²) in [6, 6.07) is 9.13. The number of Topliss-reactive ketones (excluding diaryl/α,β-unsaturated/α-hetero) is 1. The van der Waals surface area contributed by atoms with Crippen molar-refractivity contribution in [2.75, 3.05) is 21.3 Å². The van der Waals surface area contributed by atoms with Crippen LogP contribution in [0.25, 0.3) is 21.8 Å². The number of hydrogen-bond donors (Lipinski definition) is 0. The maximum atomic E-state index is 13.3. The molecule has 0 unspecified atom stereocenters. The number of para-hydroxylation sites is 1. The van der Waals surface area contributed by atoms with Crippen molar-refractivity contribution in [3.05, 3.63) is 51.9 Å². The van der Waals surface area contributed by atoms with E-state index < -0.39 is 0 Å². The van der Waals surface area contributed by atoms with Gasteiger partial charge in [0, 0.05) is 12.5 Å². The number of aromatic nitrogens is 2. The molecule has 0 atom stereocenters. The molecule has 0 spiro atoms. The number of rotatable bonds is 3. The molecular weight excluding hydrogens is 360 g/mol. The van der Waals surface area contributed by atoms with Crippen molar-refractivity contribution in [1.82, 2.24) is 9.03 Å². The van der Waals surface area contributed by atoms with Gasteiger partial charge in [-0.2, -0.15) is 0 Å². The lowest BCUT2D eigenvalue weighted by Gasteiger charge is -2.18. The van der Waals surface area contributed by atoms with Gasteiger partial charge in [-0.3, -0.25) is 9.59 Å². The number of ketones is 1. The van der Waals surface area contributed by atoms with Gasteiger partial charge in [-0.1, -0.05) is 12.1 Å². The first kappa shape index (κ1) is 16.7. The average molecular weight is 378 g/mol. The molecule has 1 aliphatic rings. The molecule has 2 heterocycles. The lowest BCUT2D eigenvalue weighted by atomic mass is 10.1. The maximum Gasteiger partial charge on any atom is 0.279 e. The van der Waals surface area contributed by atoms with Crippen molar-refractivity contribution in [3.63, 3.8) is 0 Å². The van der Waals surface area contributed by atoms with Crippen LogP contribution in [0.4, 0.5) is 0 Å². The predicted molar refractivity (Wildman–Crippen MR) is 104 cm³/mol. The van der Waals surface area contributed by atoms with E-state index in [9.17, 15) is 9.59 Å². The van der Waals surface area contributed by atoms with Crippen molar-refractivity contribution in [3.8, 4) is 17.2 Å². The molecule has 0 aliphatic heterocycles. The molecule has 0 amide bonds. The Balaban J connectivity index is 2.18. The van der Waals surface area contributed by atoms with E-state index in [0.29, 0.717) is 51.9 Å². The molecule has 1 aliphatic carbocycles. The number of aryl methyl sites for hydroxylation is 1. The zero-order chi connectivity index (χ0) is 19.6. The molecule has 0 N–H and O–H groups in total. The fourth-order valence-electron chi connectivity index (χ4n) is 4.33. The predicted octanol–water partition coefficient (Wildman–Crippen LogP) is 2.86. The van der Waals surface area contributed by atoms with Crippen LogP contribution >= 0.6 is 0 Å². The van der Waals surface area contributed by atoms with Gasteiger partial charge in [0.25, 0.3) is 5.56 Å². The second kappa shape index (κ2) is 5.76. The summed E-state index contributed by atoms with van der Waals surface area (Å²) in [7, 11) is 4.56. The number of carbonyl (C=O) groups excluding carboxylic acids is 1. The van der Waals surface area contributed by atoms with E-state index in [4.69, 9.17) is 14.2 Å². The molecule has 0 saturated carbocycles. The summed E-state index contributed by atoms with van der Waals surface area (Å²) in [5.41, 5.74) is 2.55. The third-order valence-electron chi connectivity index (χ3n) is 5.45. The molecule has 0 saturated heterocycles. The minimum absolute atomic E-state index is 0.0262. The molecule has 2 aromatic heterocycles. The minimum Gasteiger partial charge on any atom is -0.493 e. The zero-order valence-electron chi connectivity index (χ0n) is 15.7. The van der Waals surface area contributed by atoms with E-state index in [1.165, 1.54) is 21.3 Å². The molecule has 5 rings (SSSR count). The molecule has 7 nitrogen and oxygen atoms in total. The van der Waals surface area contributed by atoms with Gasteiger partial charge >= 0.3 is 0 Å². The van der Waals surface area contributed by atoms with Crippen LogP contribution in [-0.4, -0.2) is 36.1 Å². The Morgan fingerprint density at radius 3 is 2.32 bits per heavy atom. The fraction of sp³-hybridized carbons (Fsp3) is 0.238. The summed E-state index contributed by atoms with van der Waals surface area (Å²) < 4.78 is 20.1. The number of hydrogen-bond acceptors (Lipinski definition) is 5. The molecular formula is C21H18N2O5. The Morgan fingerprint density at radius 2 is 1.61 bits per heavy atom. The normalized spacial score (nSPS) is 13.5. The summed E-state index contributed by atoms with van der Waals surface area (Å²) in [6.07, 6.45) is 0.950. The number of fused-ring (bicyclic) bond motifs is 8. The monoisotopic (exact) mass is 378 g/mol. The Morgan fingerprint density at radius 1 is 0.857 bits per heavy atom. The lowest BCUT2D eigenvalue weighted by molar-refractivity contribution is 0.0995. The van der Waals surface area contributed by atoms with Gasteiger partial charge < -0.3 is 14.2 Å². The number of nitrogens with zero attached hydrogens (tertiary/aromatic N) is 2. The third kappa shape index (κ3) is 1.88. The smallest absolute Gasteiger partial charge is 0.279 e. The van der Waals surface area contributed by atoms with Gasteiger partial charge in [0.05, 0.1) is 54.4 Å². The van der Waals surface area contributed by atoms with Crippen LogP contribution in [0.3, 0.4) is 0 Å². The molecule has 4 aromatic rings. The summed E-state index contributed by atoms with van der Waals surface area (Å²) >= 11 is 0. The Hall–Kier alpha value is -3.48. The Bertz CT molecular complexity index is 1360. The highest BCUT2D eigenvalue weighted by Gasteiger charge is 2.32. The minimum atomic E-state index is -0.156. The number of ether oxygens (including phenoxy) is 3. The van der Waals surface area contributed by atoms with Crippen LogP contribution in [0.5, 0.6) is 17.2 Å². The van der Waals surface area contributed by atoms with E-state index in [1.807, 2.05) is 22.7 Å². The van der Waals surface area contributed by atoms with Crippen LogP contribution in [0.1, 0.15) is 22.5 Å². The van der Waals surface area contributed by atoms with E-state index in [1.54, 1.807) is 16.6 Å². The van der Waals surface area contributed by atoms with Gasteiger partial charge in [0.1, 0.15) is 0 Å². The highest BCUT2D eigenvalue weighted by atomic mass is 16.5. The topological polar surface area (TPSA) is 70.7 Å². The zero-order valence-corrected chi connectivity index (χ0v) is 15.7. The van der Waals surface area contributed by atoms with Crippen molar-refractivity contribution in [2.24, 2.45) is 0 Å². The number of benzene rings is 2. The highest BCUT2D eigenvalue weighted by molar-refractivity contribution is 6.13. The summed E-state index contributed by atoms with van der Waals surface area (Å²) in [6.45, 7) is 0. The molecule has 2 aromatic carbocycles. The van der Waals surface area contributed by atoms with Crippen LogP contribution in [0.2, 0.25) is 0 Å². The van der Waals surface area contributed by atoms with Crippen molar-refractivity contribution < 1.29 is 19.0 Å². The summed E-state index contributed by atoms with van der Waals surface area (Å²) in [4.78, 5) is 26.1. The second-order valence-electron chi connectivity index (χ2n) is 6.73. The summed E-state index contributed by atoms with van der Waals surface area (Å²) in [5.74, 6) is 1.24. The van der Waals surface area contributed by atoms with Crippen LogP contribution in [0.15, 0.2) is 35.1 Å². The van der Waals surface area contributed by atoms with Crippen LogP contribution in [0, 0.1) is 0 Å². The fourth-order valence-corrected chi connectivity index (χ4v) is 4.33.